The van der Waals surface area contributed by atoms with Crippen LogP contribution in [0.2, 0.25) is 0 Å². The fraction of sp³-hybridized carbons (Fsp3) is 0.444. The highest BCUT2D eigenvalue weighted by molar-refractivity contribution is 5.95. The normalized spacial score (nSPS) is 17.8. The summed E-state index contributed by atoms with van der Waals surface area (Å²) in [7, 11) is 1.91. The van der Waals surface area contributed by atoms with Crippen molar-refractivity contribution in [2.24, 2.45) is 13.0 Å². The summed E-state index contributed by atoms with van der Waals surface area (Å²) in [6.07, 6.45) is 3.72. The molecule has 6 nitrogen and oxygen atoms in total. The molecular weight excluding hydrogens is 304 g/mol. The first kappa shape index (κ1) is 16.5. The Balaban J connectivity index is 1.66. The highest BCUT2D eigenvalue weighted by Gasteiger charge is 2.24. The van der Waals surface area contributed by atoms with Gasteiger partial charge in [0.2, 0.25) is 0 Å². The Hall–Kier alpha value is -2.34. The van der Waals surface area contributed by atoms with Gasteiger partial charge in [0.25, 0.3) is 5.91 Å². The molecule has 0 aliphatic carbocycles. The molecule has 128 valence electrons. The molecule has 1 aliphatic heterocycles. The van der Waals surface area contributed by atoms with Gasteiger partial charge < -0.3 is 15.3 Å². The molecule has 0 radical (unpaired) electrons. The Kier molecular flexibility index (Phi) is 5.15. The van der Waals surface area contributed by atoms with E-state index in [0.717, 1.165) is 30.8 Å². The van der Waals surface area contributed by atoms with Gasteiger partial charge in [0.15, 0.2) is 0 Å². The first-order chi connectivity index (χ1) is 11.7. The predicted molar refractivity (Wildman–Crippen MR) is 92.7 cm³/mol. The number of nitrogens with zero attached hydrogens (tertiary/aromatic N) is 3. The number of amides is 1. The zero-order valence-corrected chi connectivity index (χ0v) is 14.0. The molecule has 2 N–H and O–H groups in total. The van der Waals surface area contributed by atoms with Crippen LogP contribution in [-0.4, -0.2) is 45.4 Å². The van der Waals surface area contributed by atoms with Crippen LogP contribution in [0.25, 0.3) is 0 Å². The molecule has 0 saturated carbocycles. The fourth-order valence-electron chi connectivity index (χ4n) is 3.11. The van der Waals surface area contributed by atoms with Crippen molar-refractivity contribution in [3.63, 3.8) is 0 Å². The number of likely N-dealkylation sites (tertiary alicyclic amines) is 1. The molecule has 0 bridgehead atoms. The zero-order chi connectivity index (χ0) is 16.9. The molecule has 0 spiro atoms. The van der Waals surface area contributed by atoms with Gasteiger partial charge in [-0.2, -0.15) is 5.10 Å². The van der Waals surface area contributed by atoms with Crippen LogP contribution in [0.3, 0.4) is 0 Å². The van der Waals surface area contributed by atoms with Crippen LogP contribution in [0.4, 0.5) is 5.69 Å². The van der Waals surface area contributed by atoms with E-state index in [1.165, 1.54) is 0 Å². The Labute approximate surface area is 142 Å². The Bertz CT molecular complexity index is 698. The minimum Gasteiger partial charge on any atom is -0.396 e. The first-order valence-corrected chi connectivity index (χ1v) is 8.38. The van der Waals surface area contributed by atoms with Crippen LogP contribution in [0.5, 0.6) is 0 Å². The van der Waals surface area contributed by atoms with Crippen molar-refractivity contribution in [1.29, 1.82) is 0 Å². The predicted octanol–water partition coefficient (Wildman–Crippen LogP) is 1.88. The summed E-state index contributed by atoms with van der Waals surface area (Å²) < 4.78 is 1.82. The molecule has 1 aliphatic rings. The molecule has 1 unspecified atom stereocenters. The van der Waals surface area contributed by atoms with Crippen molar-refractivity contribution in [3.05, 3.63) is 47.8 Å². The second-order valence-corrected chi connectivity index (χ2v) is 6.32. The molecule has 2 aromatic rings. The van der Waals surface area contributed by atoms with Gasteiger partial charge in [0.05, 0.1) is 12.2 Å². The quantitative estimate of drug-likeness (QED) is 0.879. The van der Waals surface area contributed by atoms with Gasteiger partial charge in [-0.05, 0) is 43.0 Å². The van der Waals surface area contributed by atoms with Gasteiger partial charge >= 0.3 is 0 Å². The highest BCUT2D eigenvalue weighted by atomic mass is 16.3. The minimum atomic E-state index is 0.0392. The number of carbonyl (C=O) groups excluding carboxylic acids is 1. The summed E-state index contributed by atoms with van der Waals surface area (Å²) in [4.78, 5) is 14.6. The van der Waals surface area contributed by atoms with Crippen molar-refractivity contribution < 1.29 is 9.90 Å². The second kappa shape index (κ2) is 7.49. The van der Waals surface area contributed by atoms with E-state index in [1.807, 2.05) is 47.0 Å². The van der Waals surface area contributed by atoms with E-state index in [2.05, 4.69) is 10.4 Å². The lowest BCUT2D eigenvalue weighted by Gasteiger charge is -2.32. The molecule has 1 aromatic heterocycles. The van der Waals surface area contributed by atoms with Gasteiger partial charge in [-0.15, -0.1) is 0 Å². The lowest BCUT2D eigenvalue weighted by atomic mass is 9.98. The van der Waals surface area contributed by atoms with Crippen LogP contribution >= 0.6 is 0 Å². The number of piperidine rings is 1. The maximum absolute atomic E-state index is 12.7. The number of carbonyl (C=O) groups is 1. The van der Waals surface area contributed by atoms with Crippen LogP contribution < -0.4 is 5.32 Å². The average Bonchev–Trinajstić information content (AvgIpc) is 3.04. The summed E-state index contributed by atoms with van der Waals surface area (Å²) in [5, 5.41) is 16.8. The number of nitrogens with one attached hydrogen (secondary N) is 1. The third kappa shape index (κ3) is 3.76. The summed E-state index contributed by atoms with van der Waals surface area (Å²) in [5.41, 5.74) is 2.68. The lowest BCUT2D eigenvalue weighted by molar-refractivity contribution is 0.0621. The molecule has 6 heteroatoms. The van der Waals surface area contributed by atoms with Gasteiger partial charge in [-0.25, -0.2) is 0 Å². The second-order valence-electron chi connectivity index (χ2n) is 6.32. The number of anilines is 1. The first-order valence-electron chi connectivity index (χ1n) is 8.38. The van der Waals surface area contributed by atoms with E-state index in [1.54, 1.807) is 6.20 Å². The third-order valence-corrected chi connectivity index (χ3v) is 4.57. The van der Waals surface area contributed by atoms with Crippen LogP contribution in [0, 0.1) is 5.92 Å². The van der Waals surface area contributed by atoms with E-state index in [0.29, 0.717) is 18.7 Å². The zero-order valence-electron chi connectivity index (χ0n) is 14.0. The van der Waals surface area contributed by atoms with Crippen molar-refractivity contribution in [1.82, 2.24) is 14.7 Å². The lowest BCUT2D eigenvalue weighted by Crippen LogP contribution is -2.40. The van der Waals surface area contributed by atoms with Crippen molar-refractivity contribution in [2.45, 2.75) is 19.4 Å². The standard InChI is InChI=1S/C18H24N4O2/c1-21-17(7-8-20-21)11-19-16-6-2-5-15(10-16)18(24)22-9-3-4-14(12-22)13-23/h2,5-8,10,14,19,23H,3-4,9,11-13H2,1H3. The SMILES string of the molecule is Cn1nccc1CNc1cccc(C(=O)N2CCCC(CO)C2)c1. The van der Waals surface area contributed by atoms with Gasteiger partial charge in [0.1, 0.15) is 0 Å². The molecule has 1 amide bonds. The van der Waals surface area contributed by atoms with E-state index >= 15 is 0 Å². The Morgan fingerprint density at radius 2 is 2.29 bits per heavy atom. The molecule has 1 saturated heterocycles. The topological polar surface area (TPSA) is 70.4 Å². The number of hydrogen-bond donors (Lipinski definition) is 2. The molecule has 2 heterocycles. The largest absolute Gasteiger partial charge is 0.396 e. The number of aliphatic hydroxyl groups is 1. The van der Waals surface area contributed by atoms with E-state index < -0.39 is 0 Å². The molecule has 1 aromatic carbocycles. The van der Waals surface area contributed by atoms with Gasteiger partial charge in [-0.3, -0.25) is 9.48 Å². The Morgan fingerprint density at radius 1 is 1.42 bits per heavy atom. The molecule has 3 rings (SSSR count). The number of aliphatic hydroxyl groups excluding tert-OH is 1. The molecule has 1 fully saturated rings. The highest BCUT2D eigenvalue weighted by Crippen LogP contribution is 2.20. The van der Waals surface area contributed by atoms with Crippen molar-refractivity contribution >= 4 is 11.6 Å². The van der Waals surface area contributed by atoms with Gasteiger partial charge in [0, 0.05) is 44.2 Å². The van der Waals surface area contributed by atoms with Crippen LogP contribution in [-0.2, 0) is 13.6 Å². The van der Waals surface area contributed by atoms with Crippen molar-refractivity contribution in [3.8, 4) is 0 Å². The summed E-state index contributed by atoms with van der Waals surface area (Å²) >= 11 is 0. The van der Waals surface area contributed by atoms with Crippen molar-refractivity contribution in [2.75, 3.05) is 25.0 Å². The summed E-state index contributed by atoms with van der Waals surface area (Å²) in [6.45, 7) is 2.21. The maximum Gasteiger partial charge on any atom is 0.253 e. The van der Waals surface area contributed by atoms with Crippen LogP contribution in [0.1, 0.15) is 28.9 Å². The van der Waals surface area contributed by atoms with Crippen LogP contribution in [0.15, 0.2) is 36.5 Å². The fourth-order valence-corrected chi connectivity index (χ4v) is 3.11. The summed E-state index contributed by atoms with van der Waals surface area (Å²) in [5.74, 6) is 0.242. The Morgan fingerprint density at radius 3 is 3.04 bits per heavy atom. The number of hydrogen-bond acceptors (Lipinski definition) is 4. The molecule has 1 atom stereocenters. The molecular formula is C18H24N4O2. The smallest absolute Gasteiger partial charge is 0.253 e. The summed E-state index contributed by atoms with van der Waals surface area (Å²) in [6, 6.07) is 9.55. The van der Waals surface area contributed by atoms with E-state index in [9.17, 15) is 9.90 Å². The third-order valence-electron chi connectivity index (χ3n) is 4.57. The van der Waals surface area contributed by atoms with E-state index in [4.69, 9.17) is 0 Å². The monoisotopic (exact) mass is 328 g/mol. The average molecular weight is 328 g/mol. The maximum atomic E-state index is 12.7. The number of rotatable bonds is 5. The van der Waals surface area contributed by atoms with Gasteiger partial charge in [-0.1, -0.05) is 6.07 Å². The number of benzene rings is 1. The van der Waals surface area contributed by atoms with E-state index in [-0.39, 0.29) is 18.4 Å². The molecule has 24 heavy (non-hydrogen) atoms. The minimum absolute atomic E-state index is 0.0392. The number of aryl methyl sites for hydroxylation is 1. The number of aromatic nitrogens is 2.